The lowest BCUT2D eigenvalue weighted by Crippen LogP contribution is -2.18. The number of hydrogen-bond donors (Lipinski definition) is 2. The number of benzene rings is 3. The molecule has 4 aromatic rings. The Morgan fingerprint density at radius 3 is 2.83 bits per heavy atom. The molecule has 1 amide bonds. The third-order valence-electron chi connectivity index (χ3n) is 4.46. The van der Waals surface area contributed by atoms with Gasteiger partial charge >= 0.3 is 0 Å². The molecule has 1 heterocycles. The summed E-state index contributed by atoms with van der Waals surface area (Å²) in [5, 5.41) is 13.3. The van der Waals surface area contributed by atoms with Gasteiger partial charge in [0.05, 0.1) is 18.5 Å². The number of nitrogens with one attached hydrogen (secondary N) is 2. The van der Waals surface area contributed by atoms with Crippen LogP contribution in [0.15, 0.2) is 77.9 Å². The highest BCUT2D eigenvalue weighted by Crippen LogP contribution is 2.23. The van der Waals surface area contributed by atoms with Crippen molar-refractivity contribution in [1.29, 1.82) is 0 Å². The maximum absolute atomic E-state index is 12.4. The molecule has 3 aromatic carbocycles. The van der Waals surface area contributed by atoms with Gasteiger partial charge in [-0.3, -0.25) is 9.89 Å². The van der Waals surface area contributed by atoms with Crippen molar-refractivity contribution in [3.05, 3.63) is 84.1 Å². The summed E-state index contributed by atoms with van der Waals surface area (Å²) in [5.41, 5.74) is 5.33. The van der Waals surface area contributed by atoms with Crippen LogP contribution in [0.1, 0.15) is 23.0 Å². The molecule has 1 aromatic heterocycles. The summed E-state index contributed by atoms with van der Waals surface area (Å²) < 4.78 is 5.51. The van der Waals surface area contributed by atoms with Gasteiger partial charge in [0.25, 0.3) is 5.91 Å². The lowest BCUT2D eigenvalue weighted by Gasteiger charge is -2.03. The third-order valence-corrected chi connectivity index (χ3v) is 4.46. The summed E-state index contributed by atoms with van der Waals surface area (Å²) in [5.74, 6) is 0.403. The zero-order valence-electron chi connectivity index (χ0n) is 15.9. The summed E-state index contributed by atoms with van der Waals surface area (Å²) in [6.45, 7) is 2.52. The van der Waals surface area contributed by atoms with Crippen LogP contribution in [0.25, 0.3) is 22.0 Å². The molecule has 4 rings (SSSR count). The Balaban J connectivity index is 1.47. The van der Waals surface area contributed by atoms with Gasteiger partial charge in [0, 0.05) is 11.1 Å². The fourth-order valence-electron chi connectivity index (χ4n) is 3.08. The highest BCUT2D eigenvalue weighted by Gasteiger charge is 2.11. The largest absolute Gasteiger partial charge is 0.494 e. The minimum absolute atomic E-state index is 0.330. The van der Waals surface area contributed by atoms with Crippen molar-refractivity contribution in [2.75, 3.05) is 6.61 Å². The number of nitrogens with zero attached hydrogens (tertiary/aromatic N) is 2. The topological polar surface area (TPSA) is 79.4 Å². The zero-order chi connectivity index (χ0) is 20.1. The van der Waals surface area contributed by atoms with E-state index in [0.29, 0.717) is 18.0 Å². The first-order valence-corrected chi connectivity index (χ1v) is 9.34. The smallest absolute Gasteiger partial charge is 0.289 e. The molecule has 0 aliphatic heterocycles. The SMILES string of the molecule is CCOc1cccc(-c2cc(C(=O)NN=Cc3cccc4ccccc34)[nH]n2)c1. The van der Waals surface area contributed by atoms with Crippen LogP contribution in [0.3, 0.4) is 0 Å². The van der Waals surface area contributed by atoms with Crippen LogP contribution < -0.4 is 10.2 Å². The molecule has 29 heavy (non-hydrogen) atoms. The summed E-state index contributed by atoms with van der Waals surface area (Å²) in [6, 6.07) is 23.3. The second-order valence-electron chi connectivity index (χ2n) is 6.40. The van der Waals surface area contributed by atoms with E-state index in [-0.39, 0.29) is 5.91 Å². The van der Waals surface area contributed by atoms with Crippen molar-refractivity contribution in [1.82, 2.24) is 15.6 Å². The van der Waals surface area contributed by atoms with Crippen LogP contribution >= 0.6 is 0 Å². The number of hydrazone groups is 1. The number of fused-ring (bicyclic) bond motifs is 1. The number of H-pyrrole nitrogens is 1. The van der Waals surface area contributed by atoms with Gasteiger partial charge in [-0.15, -0.1) is 0 Å². The molecule has 144 valence electrons. The number of aromatic amines is 1. The van der Waals surface area contributed by atoms with E-state index in [0.717, 1.165) is 27.6 Å². The highest BCUT2D eigenvalue weighted by molar-refractivity contribution is 6.00. The van der Waals surface area contributed by atoms with Crippen molar-refractivity contribution in [3.8, 4) is 17.0 Å². The number of amides is 1. The number of rotatable bonds is 6. The number of carbonyl (C=O) groups excluding carboxylic acids is 1. The Labute approximate surface area is 168 Å². The summed E-state index contributed by atoms with van der Waals surface area (Å²) in [7, 11) is 0. The van der Waals surface area contributed by atoms with Crippen molar-refractivity contribution < 1.29 is 9.53 Å². The maximum atomic E-state index is 12.4. The second kappa shape index (κ2) is 8.39. The van der Waals surface area contributed by atoms with E-state index in [2.05, 4.69) is 20.7 Å². The van der Waals surface area contributed by atoms with Crippen LogP contribution in [0.4, 0.5) is 0 Å². The lowest BCUT2D eigenvalue weighted by atomic mass is 10.1. The Bertz CT molecular complexity index is 1170. The molecule has 0 spiro atoms. The Kier molecular flexibility index (Phi) is 5.33. The molecular formula is C23H20N4O2. The molecule has 2 N–H and O–H groups in total. The van der Waals surface area contributed by atoms with Crippen LogP contribution in [0.2, 0.25) is 0 Å². The average molecular weight is 384 g/mol. The summed E-state index contributed by atoms with van der Waals surface area (Å²) in [6.07, 6.45) is 1.64. The van der Waals surface area contributed by atoms with Crippen molar-refractivity contribution >= 4 is 22.9 Å². The van der Waals surface area contributed by atoms with E-state index in [9.17, 15) is 4.79 Å². The molecule has 6 nitrogen and oxygen atoms in total. The monoisotopic (exact) mass is 384 g/mol. The molecule has 0 aliphatic carbocycles. The van der Waals surface area contributed by atoms with Crippen LogP contribution in [-0.4, -0.2) is 28.9 Å². The van der Waals surface area contributed by atoms with Gasteiger partial charge in [0.15, 0.2) is 0 Å². The summed E-state index contributed by atoms with van der Waals surface area (Å²) in [4.78, 5) is 12.4. The van der Waals surface area contributed by atoms with Gasteiger partial charge in [-0.2, -0.15) is 10.2 Å². The average Bonchev–Trinajstić information content (AvgIpc) is 3.25. The van der Waals surface area contributed by atoms with Gasteiger partial charge in [-0.25, -0.2) is 5.43 Å². The highest BCUT2D eigenvalue weighted by atomic mass is 16.5. The molecule has 0 saturated carbocycles. The lowest BCUT2D eigenvalue weighted by molar-refractivity contribution is 0.0950. The number of ether oxygens (including phenoxy) is 1. The number of carbonyl (C=O) groups is 1. The maximum Gasteiger partial charge on any atom is 0.289 e. The van der Waals surface area contributed by atoms with Gasteiger partial charge in [0.2, 0.25) is 0 Å². The van der Waals surface area contributed by atoms with Gasteiger partial charge < -0.3 is 4.74 Å². The fourth-order valence-corrected chi connectivity index (χ4v) is 3.08. The quantitative estimate of drug-likeness (QED) is 0.382. The van der Waals surface area contributed by atoms with E-state index in [4.69, 9.17) is 4.74 Å². The minimum atomic E-state index is -0.360. The zero-order valence-corrected chi connectivity index (χ0v) is 15.9. The normalized spacial score (nSPS) is 11.1. The molecule has 0 atom stereocenters. The van der Waals surface area contributed by atoms with Crippen LogP contribution in [-0.2, 0) is 0 Å². The predicted octanol–water partition coefficient (Wildman–Crippen LogP) is 4.39. The van der Waals surface area contributed by atoms with Gasteiger partial charge in [0.1, 0.15) is 11.4 Å². The van der Waals surface area contributed by atoms with E-state index < -0.39 is 0 Å². The Morgan fingerprint density at radius 2 is 1.93 bits per heavy atom. The molecule has 0 aliphatic rings. The first kappa shape index (κ1) is 18.4. The van der Waals surface area contributed by atoms with Crippen LogP contribution in [0, 0.1) is 0 Å². The minimum Gasteiger partial charge on any atom is -0.494 e. The van der Waals surface area contributed by atoms with E-state index in [1.165, 1.54) is 0 Å². The van der Waals surface area contributed by atoms with E-state index in [1.807, 2.05) is 73.7 Å². The number of aromatic nitrogens is 2. The van der Waals surface area contributed by atoms with Crippen LogP contribution in [0.5, 0.6) is 5.75 Å². The first-order valence-electron chi connectivity index (χ1n) is 9.34. The predicted molar refractivity (Wildman–Crippen MR) is 114 cm³/mol. The second-order valence-corrected chi connectivity index (χ2v) is 6.40. The standard InChI is InChI=1S/C23H20N4O2/c1-2-29-19-11-6-9-17(13-19)21-14-22(26-25-21)23(28)27-24-15-18-10-5-8-16-7-3-4-12-20(16)18/h3-15H,2H2,1H3,(H,25,26)(H,27,28). The molecule has 0 fully saturated rings. The molecule has 0 saturated heterocycles. The molecule has 0 radical (unpaired) electrons. The Hall–Kier alpha value is -3.93. The van der Waals surface area contributed by atoms with E-state index >= 15 is 0 Å². The van der Waals surface area contributed by atoms with E-state index in [1.54, 1.807) is 12.3 Å². The fraction of sp³-hybridized carbons (Fsp3) is 0.0870. The molecule has 0 bridgehead atoms. The van der Waals surface area contributed by atoms with Crippen molar-refractivity contribution in [2.24, 2.45) is 5.10 Å². The van der Waals surface area contributed by atoms with Crippen molar-refractivity contribution in [3.63, 3.8) is 0 Å². The van der Waals surface area contributed by atoms with Crippen molar-refractivity contribution in [2.45, 2.75) is 6.92 Å². The molecule has 0 unspecified atom stereocenters. The number of hydrogen-bond acceptors (Lipinski definition) is 4. The van der Waals surface area contributed by atoms with Gasteiger partial charge in [-0.05, 0) is 35.9 Å². The third kappa shape index (κ3) is 4.16. The molecular weight excluding hydrogens is 364 g/mol. The Morgan fingerprint density at radius 1 is 1.10 bits per heavy atom. The molecule has 6 heteroatoms. The summed E-state index contributed by atoms with van der Waals surface area (Å²) >= 11 is 0. The first-order chi connectivity index (χ1) is 14.2. The van der Waals surface area contributed by atoms with Gasteiger partial charge in [-0.1, -0.05) is 54.6 Å².